The Labute approximate surface area is 354 Å². The van der Waals surface area contributed by atoms with Gasteiger partial charge < -0.3 is 14.4 Å². The Balaban J connectivity index is 0.000000185. The average molecular weight is 917 g/mol. The second-order valence-electron chi connectivity index (χ2n) is 16.4. The van der Waals surface area contributed by atoms with Gasteiger partial charge in [-0.25, -0.2) is 0 Å². The molecule has 1 saturated carbocycles. The van der Waals surface area contributed by atoms with E-state index in [1.807, 2.05) is 75.5 Å². The third-order valence-electron chi connectivity index (χ3n) is 10.5. The number of hydrogen-bond acceptors (Lipinski definition) is 3. The first kappa shape index (κ1) is 32.2. The van der Waals surface area contributed by atoms with Crippen molar-refractivity contribution in [1.29, 1.82) is 0 Å². The summed E-state index contributed by atoms with van der Waals surface area (Å²) in [4.78, 5) is 9.12. The molecule has 0 atom stereocenters. The molecule has 0 spiro atoms. The zero-order chi connectivity index (χ0) is 43.4. The van der Waals surface area contributed by atoms with Gasteiger partial charge >= 0.3 is 0 Å². The van der Waals surface area contributed by atoms with Gasteiger partial charge in [-0.3, -0.25) is 0 Å². The predicted molar refractivity (Wildman–Crippen MR) is 230 cm³/mol. The van der Waals surface area contributed by atoms with E-state index in [0.717, 1.165) is 75.4 Å². The Morgan fingerprint density at radius 2 is 1.59 bits per heavy atom. The average Bonchev–Trinajstić information content (AvgIpc) is 3.64. The number of pyridine rings is 2. The van der Waals surface area contributed by atoms with Gasteiger partial charge in [-0.15, -0.1) is 47.5 Å². The van der Waals surface area contributed by atoms with Crippen LogP contribution in [0.25, 0.3) is 66.4 Å². The predicted octanol–water partition coefficient (Wildman–Crippen LogP) is 14.4. The molecule has 0 N–H and O–H groups in total. The zero-order valence-electron chi connectivity index (χ0n) is 38.6. The minimum absolute atomic E-state index is 0. The number of benzene rings is 5. The van der Waals surface area contributed by atoms with Crippen molar-refractivity contribution in [2.24, 2.45) is 10.8 Å². The standard InChI is InChI=1S/C29H26NO.C23H24N.Ir/c1-29(2)15-12-19(13-16-29)21-14-17-30-26(18-21)25-9-5-8-23-24-11-10-20-6-3-4-7-22(20)27(24)31-28(23)25;1-17-10-12-20(14-21(17)19-8-6-5-7-9-19)22-13-11-18(16-24-22)15-23(2,3)4;/h3-8,10-11,14,17-19H,12-13,15-16H2,1-2H3;5-11,13-14,16H,15H2,1-4H3;/q2*-1;/i19D;1D3,15D2;. The number of rotatable bonds is 5. The Morgan fingerprint density at radius 1 is 0.821 bits per heavy atom. The van der Waals surface area contributed by atoms with E-state index in [1.54, 1.807) is 24.4 Å². The molecule has 3 aromatic heterocycles. The van der Waals surface area contributed by atoms with Crippen molar-refractivity contribution in [2.45, 2.75) is 79.4 Å². The fraction of sp³-hybridized carbons (Fsp3) is 0.269. The van der Waals surface area contributed by atoms with Gasteiger partial charge in [-0.05, 0) is 82.7 Å². The van der Waals surface area contributed by atoms with Gasteiger partial charge in [0.15, 0.2) is 0 Å². The number of nitrogens with zero attached hydrogens (tertiary/aromatic N) is 2. The van der Waals surface area contributed by atoms with E-state index in [1.165, 1.54) is 11.5 Å². The molecule has 1 aliphatic carbocycles. The maximum Gasteiger partial charge on any atom is 0.128 e. The van der Waals surface area contributed by atoms with Crippen molar-refractivity contribution in [1.82, 2.24) is 9.97 Å². The van der Waals surface area contributed by atoms with Crippen molar-refractivity contribution >= 4 is 32.7 Å². The zero-order valence-corrected chi connectivity index (χ0v) is 35.0. The van der Waals surface area contributed by atoms with Gasteiger partial charge in [0.25, 0.3) is 0 Å². The Bertz CT molecular complexity index is 2850. The Hall–Kier alpha value is -4.89. The number of furan rings is 1. The summed E-state index contributed by atoms with van der Waals surface area (Å²) in [6, 6.07) is 43.3. The maximum atomic E-state index is 9.18. The van der Waals surface area contributed by atoms with Crippen molar-refractivity contribution in [2.75, 3.05) is 0 Å². The summed E-state index contributed by atoms with van der Waals surface area (Å²) in [5.41, 5.74) is 7.69. The fourth-order valence-electron chi connectivity index (χ4n) is 7.52. The maximum absolute atomic E-state index is 9.18. The summed E-state index contributed by atoms with van der Waals surface area (Å²) in [7, 11) is 0. The van der Waals surface area contributed by atoms with Gasteiger partial charge in [0, 0.05) is 51.5 Å². The normalized spacial score (nSPS) is 16.9. The molecule has 9 rings (SSSR count). The van der Waals surface area contributed by atoms with Crippen LogP contribution in [0.4, 0.5) is 0 Å². The molecule has 285 valence electrons. The minimum Gasteiger partial charge on any atom is -0.500 e. The summed E-state index contributed by atoms with van der Waals surface area (Å²) in [6.07, 6.45) is 5.78. The van der Waals surface area contributed by atoms with Crippen LogP contribution in [-0.4, -0.2) is 9.97 Å². The molecule has 8 aromatic rings. The topological polar surface area (TPSA) is 38.9 Å². The number of fused-ring (bicyclic) bond motifs is 5. The van der Waals surface area contributed by atoms with E-state index in [0.29, 0.717) is 27.8 Å². The molecule has 0 bridgehead atoms. The summed E-state index contributed by atoms with van der Waals surface area (Å²) in [5, 5.41) is 4.47. The fourth-order valence-corrected chi connectivity index (χ4v) is 7.52. The van der Waals surface area contributed by atoms with Crippen LogP contribution in [0.3, 0.4) is 0 Å². The van der Waals surface area contributed by atoms with Gasteiger partial charge in [-0.1, -0.05) is 148 Å². The van der Waals surface area contributed by atoms with Crippen LogP contribution in [0.5, 0.6) is 0 Å². The molecule has 4 heteroatoms. The molecular weight excluding hydrogens is 861 g/mol. The van der Waals surface area contributed by atoms with Crippen molar-refractivity contribution in [3.05, 3.63) is 156 Å². The van der Waals surface area contributed by atoms with Gasteiger partial charge in [0.1, 0.15) is 5.58 Å². The molecule has 56 heavy (non-hydrogen) atoms. The van der Waals surface area contributed by atoms with Crippen molar-refractivity contribution < 1.29 is 32.7 Å². The van der Waals surface area contributed by atoms with Crippen LogP contribution in [0.2, 0.25) is 0 Å². The quantitative estimate of drug-likeness (QED) is 0.162. The first-order valence-corrected chi connectivity index (χ1v) is 19.1. The van der Waals surface area contributed by atoms with Crippen molar-refractivity contribution in [3.63, 3.8) is 0 Å². The Morgan fingerprint density at radius 3 is 2.34 bits per heavy atom. The summed E-state index contributed by atoms with van der Waals surface area (Å²) < 4.78 is 56.0. The van der Waals surface area contributed by atoms with E-state index in [9.17, 15) is 1.37 Å². The van der Waals surface area contributed by atoms with E-state index in [2.05, 4.69) is 78.4 Å². The van der Waals surface area contributed by atoms with Gasteiger partial charge in [-0.2, -0.15) is 0 Å². The monoisotopic (exact) mass is 917 g/mol. The molecule has 1 fully saturated rings. The van der Waals surface area contributed by atoms with E-state index in [4.69, 9.17) is 11.3 Å². The SMILES string of the molecule is [2H]C([2H])([2H])c1c[c-]c(-c2ccc(C([2H])([2H])C(C)(C)C)cn2)cc1-c1ccccc1.[2H]C1(c2ccnc(-c3[c-]ccc4c3oc3c5ccccc5ccc43)c2)CCC(C)(C)CC1.[Ir]. The van der Waals surface area contributed by atoms with E-state index in [-0.39, 0.29) is 25.7 Å². The first-order valence-electron chi connectivity index (χ1n) is 22.1. The summed E-state index contributed by atoms with van der Waals surface area (Å²) in [5.74, 6) is -0.550. The summed E-state index contributed by atoms with van der Waals surface area (Å²) in [6.45, 7) is 7.94. The summed E-state index contributed by atoms with van der Waals surface area (Å²) >= 11 is 0. The van der Waals surface area contributed by atoms with E-state index >= 15 is 0 Å². The molecule has 0 amide bonds. The van der Waals surface area contributed by atoms with Gasteiger partial charge in [0.2, 0.25) is 0 Å². The molecule has 0 aliphatic heterocycles. The molecule has 3 heterocycles. The molecule has 3 nitrogen and oxygen atoms in total. The van der Waals surface area contributed by atoms with Crippen molar-refractivity contribution in [3.8, 4) is 33.6 Å². The number of hydrogen-bond donors (Lipinski definition) is 0. The second kappa shape index (κ2) is 16.3. The molecule has 5 aromatic carbocycles. The first-order chi connectivity index (χ1) is 28.8. The Kier molecular flexibility index (Phi) is 9.38. The third kappa shape index (κ3) is 8.58. The number of aromatic nitrogens is 2. The molecular formula is C52H50IrN2O-2. The van der Waals surface area contributed by atoms with Gasteiger partial charge in [0.05, 0.1) is 5.58 Å². The second-order valence-corrected chi connectivity index (χ2v) is 16.4. The number of aryl methyl sites for hydroxylation is 1. The van der Waals surface area contributed by atoms with Crippen LogP contribution in [0, 0.1) is 29.8 Å². The van der Waals surface area contributed by atoms with Crippen LogP contribution >= 0.6 is 0 Å². The van der Waals surface area contributed by atoms with Crippen LogP contribution in [0.1, 0.15) is 91.1 Å². The van der Waals surface area contributed by atoms with Crippen LogP contribution in [-0.2, 0) is 26.5 Å². The molecule has 0 saturated heterocycles. The molecule has 0 unspecified atom stereocenters. The molecule has 1 aliphatic rings. The molecule has 1 radical (unpaired) electrons. The van der Waals surface area contributed by atoms with Crippen LogP contribution < -0.4 is 0 Å². The largest absolute Gasteiger partial charge is 0.500 e. The smallest absolute Gasteiger partial charge is 0.128 e. The minimum atomic E-state index is -2.25. The van der Waals surface area contributed by atoms with E-state index < -0.39 is 24.5 Å². The third-order valence-corrected chi connectivity index (χ3v) is 10.5. The van der Waals surface area contributed by atoms with Crippen LogP contribution in [0.15, 0.2) is 132 Å².